The smallest absolute Gasteiger partial charge is 0.261 e. The molecule has 1 saturated carbocycles. The van der Waals surface area contributed by atoms with Crippen LogP contribution in [0.1, 0.15) is 40.0 Å². The second kappa shape index (κ2) is 7.15. The Bertz CT molecular complexity index is 685. The van der Waals surface area contributed by atoms with Crippen LogP contribution in [0.3, 0.4) is 0 Å². The van der Waals surface area contributed by atoms with Crippen LogP contribution in [0.25, 0.3) is 0 Å². The molecule has 130 valence electrons. The molecule has 3 heteroatoms. The minimum atomic E-state index is -2.42. The molecule has 0 amide bonds. The maximum Gasteiger partial charge on any atom is 0.261 e. The molecule has 0 spiro atoms. The van der Waals surface area contributed by atoms with Gasteiger partial charge >= 0.3 is 0 Å². The van der Waals surface area contributed by atoms with Crippen LogP contribution >= 0.6 is 0 Å². The van der Waals surface area contributed by atoms with Crippen molar-refractivity contribution >= 4 is 18.7 Å². The largest absolute Gasteiger partial charge is 0.404 e. The van der Waals surface area contributed by atoms with Crippen LogP contribution in [-0.4, -0.2) is 14.4 Å². The minimum absolute atomic E-state index is 0.0238. The standard InChI is InChI=1S/C22H27NOSi/c1-22(2,3)25(20-10-6-4-7-11-20,21-12-8-5-9-13-21)24-19-16-18(17-19)14-15-23/h4-13,18-19H,14,16-17H2,1-3H3. The van der Waals surface area contributed by atoms with Crippen molar-refractivity contribution in [2.24, 2.45) is 5.92 Å². The Balaban J connectivity index is 2.03. The van der Waals surface area contributed by atoms with E-state index in [0.717, 1.165) is 12.8 Å². The van der Waals surface area contributed by atoms with E-state index in [0.29, 0.717) is 12.3 Å². The van der Waals surface area contributed by atoms with Gasteiger partial charge in [0.1, 0.15) is 0 Å². The van der Waals surface area contributed by atoms with Crippen LogP contribution < -0.4 is 10.4 Å². The SMILES string of the molecule is CC(C)(C)[Si](OC1CC(CC#N)C1)(c1ccccc1)c1ccccc1. The third-order valence-electron chi connectivity index (χ3n) is 5.33. The zero-order valence-electron chi connectivity index (χ0n) is 15.4. The summed E-state index contributed by atoms with van der Waals surface area (Å²) in [6.07, 6.45) is 2.95. The zero-order valence-corrected chi connectivity index (χ0v) is 16.4. The summed E-state index contributed by atoms with van der Waals surface area (Å²) in [6.45, 7) is 6.93. The molecular weight excluding hydrogens is 322 g/mol. The normalized spacial score (nSPS) is 20.6. The molecule has 0 saturated heterocycles. The number of hydrogen-bond donors (Lipinski definition) is 0. The summed E-state index contributed by atoms with van der Waals surface area (Å²) in [5.74, 6) is 0.508. The maximum absolute atomic E-state index is 8.92. The Morgan fingerprint density at radius 1 is 0.960 bits per heavy atom. The summed E-state index contributed by atoms with van der Waals surface area (Å²) < 4.78 is 7.02. The van der Waals surface area contributed by atoms with Crippen molar-refractivity contribution < 1.29 is 4.43 Å². The molecule has 3 rings (SSSR count). The van der Waals surface area contributed by atoms with E-state index in [2.05, 4.69) is 87.5 Å². The topological polar surface area (TPSA) is 33.0 Å². The molecule has 25 heavy (non-hydrogen) atoms. The van der Waals surface area contributed by atoms with Crippen LogP contribution in [0.15, 0.2) is 60.7 Å². The highest BCUT2D eigenvalue weighted by Crippen LogP contribution is 2.42. The molecule has 0 unspecified atom stereocenters. The fourth-order valence-corrected chi connectivity index (χ4v) is 8.72. The fraction of sp³-hybridized carbons (Fsp3) is 0.409. The molecule has 0 N–H and O–H groups in total. The highest BCUT2D eigenvalue weighted by molar-refractivity contribution is 6.99. The predicted octanol–water partition coefficient (Wildman–Crippen LogP) is 4.26. The van der Waals surface area contributed by atoms with Crippen LogP contribution in [0, 0.1) is 17.2 Å². The van der Waals surface area contributed by atoms with Gasteiger partial charge in [0, 0.05) is 12.5 Å². The van der Waals surface area contributed by atoms with Crippen molar-refractivity contribution in [1.82, 2.24) is 0 Å². The van der Waals surface area contributed by atoms with E-state index in [1.807, 2.05) is 0 Å². The summed E-state index contributed by atoms with van der Waals surface area (Å²) >= 11 is 0. The number of rotatable bonds is 5. The lowest BCUT2D eigenvalue weighted by Crippen LogP contribution is -2.68. The summed E-state index contributed by atoms with van der Waals surface area (Å²) in [4.78, 5) is 0. The Kier molecular flexibility index (Phi) is 5.13. The quantitative estimate of drug-likeness (QED) is 0.756. The molecule has 1 aliphatic rings. The van der Waals surface area contributed by atoms with Gasteiger partial charge in [0.05, 0.1) is 6.07 Å². The first-order chi connectivity index (χ1) is 12.0. The monoisotopic (exact) mass is 349 g/mol. The molecule has 1 aliphatic carbocycles. The average molecular weight is 350 g/mol. The predicted molar refractivity (Wildman–Crippen MR) is 105 cm³/mol. The van der Waals surface area contributed by atoms with E-state index in [-0.39, 0.29) is 11.1 Å². The van der Waals surface area contributed by atoms with Gasteiger partial charge in [-0.2, -0.15) is 5.26 Å². The molecule has 0 atom stereocenters. The Morgan fingerprint density at radius 3 is 1.84 bits per heavy atom. The third-order valence-corrected chi connectivity index (χ3v) is 10.4. The lowest BCUT2D eigenvalue weighted by atomic mass is 9.81. The third kappa shape index (κ3) is 3.42. The summed E-state index contributed by atoms with van der Waals surface area (Å²) in [7, 11) is -2.42. The van der Waals surface area contributed by atoms with E-state index < -0.39 is 8.32 Å². The molecule has 1 fully saturated rings. The van der Waals surface area contributed by atoms with Crippen LogP contribution in [0.4, 0.5) is 0 Å². The van der Waals surface area contributed by atoms with E-state index in [1.165, 1.54) is 10.4 Å². The van der Waals surface area contributed by atoms with Gasteiger partial charge < -0.3 is 4.43 Å². The van der Waals surface area contributed by atoms with Crippen molar-refractivity contribution in [2.75, 3.05) is 0 Å². The number of nitrogens with zero attached hydrogens (tertiary/aromatic N) is 1. The van der Waals surface area contributed by atoms with Gasteiger partial charge in [-0.15, -0.1) is 0 Å². The molecule has 0 heterocycles. The first kappa shape index (κ1) is 17.9. The summed E-state index contributed by atoms with van der Waals surface area (Å²) in [5.41, 5.74) is 0. The highest BCUT2D eigenvalue weighted by Gasteiger charge is 2.52. The van der Waals surface area contributed by atoms with Gasteiger partial charge in [-0.05, 0) is 34.2 Å². The van der Waals surface area contributed by atoms with Crippen LogP contribution in [-0.2, 0) is 4.43 Å². The highest BCUT2D eigenvalue weighted by atomic mass is 28.4. The minimum Gasteiger partial charge on any atom is -0.404 e. The van der Waals surface area contributed by atoms with Gasteiger partial charge in [-0.1, -0.05) is 81.4 Å². The van der Waals surface area contributed by atoms with Gasteiger partial charge in [-0.3, -0.25) is 0 Å². The van der Waals surface area contributed by atoms with Gasteiger partial charge in [-0.25, -0.2) is 0 Å². The molecule has 0 radical (unpaired) electrons. The second-order valence-corrected chi connectivity index (χ2v) is 12.4. The van der Waals surface area contributed by atoms with Crippen molar-refractivity contribution in [3.05, 3.63) is 60.7 Å². The van der Waals surface area contributed by atoms with Crippen LogP contribution in [0.5, 0.6) is 0 Å². The Morgan fingerprint density at radius 2 is 1.44 bits per heavy atom. The van der Waals surface area contributed by atoms with Crippen molar-refractivity contribution in [2.45, 2.75) is 51.2 Å². The first-order valence-corrected chi connectivity index (χ1v) is 11.0. The summed E-state index contributed by atoms with van der Waals surface area (Å²) in [6, 6.07) is 23.9. The molecule has 2 aromatic carbocycles. The molecule has 2 nitrogen and oxygen atoms in total. The van der Waals surface area contributed by atoms with E-state index in [1.54, 1.807) is 0 Å². The van der Waals surface area contributed by atoms with Gasteiger partial charge in [0.15, 0.2) is 0 Å². The Labute approximate surface area is 152 Å². The lowest BCUT2D eigenvalue weighted by molar-refractivity contribution is 0.0583. The molecule has 0 bridgehead atoms. The van der Waals surface area contributed by atoms with Gasteiger partial charge in [0.25, 0.3) is 8.32 Å². The summed E-state index contributed by atoms with van der Waals surface area (Å²) in [5, 5.41) is 11.6. The fourth-order valence-electron chi connectivity index (χ4n) is 4.01. The average Bonchev–Trinajstić information content (AvgIpc) is 2.57. The number of benzene rings is 2. The molecule has 2 aromatic rings. The maximum atomic E-state index is 8.92. The lowest BCUT2D eigenvalue weighted by Gasteiger charge is -2.48. The van der Waals surface area contributed by atoms with Crippen molar-refractivity contribution in [3.8, 4) is 6.07 Å². The molecule has 0 aromatic heterocycles. The van der Waals surface area contributed by atoms with Gasteiger partial charge in [0.2, 0.25) is 0 Å². The van der Waals surface area contributed by atoms with Crippen LogP contribution in [0.2, 0.25) is 5.04 Å². The number of nitriles is 1. The van der Waals surface area contributed by atoms with E-state index in [4.69, 9.17) is 9.69 Å². The van der Waals surface area contributed by atoms with E-state index in [9.17, 15) is 0 Å². The van der Waals surface area contributed by atoms with Crippen molar-refractivity contribution in [1.29, 1.82) is 5.26 Å². The van der Waals surface area contributed by atoms with E-state index >= 15 is 0 Å². The van der Waals surface area contributed by atoms with Crippen molar-refractivity contribution in [3.63, 3.8) is 0 Å². The first-order valence-electron chi connectivity index (χ1n) is 9.13. The number of hydrogen-bond acceptors (Lipinski definition) is 2. The zero-order chi connectivity index (χ0) is 17.9. The molecule has 0 aliphatic heterocycles. The second-order valence-electron chi connectivity index (χ2n) is 8.10. The Hall–Kier alpha value is -1.89. The molecular formula is C22H27NOSi.